The van der Waals surface area contributed by atoms with Crippen LogP contribution in [0.1, 0.15) is 102 Å². The first kappa shape index (κ1) is 34.6. The highest BCUT2D eigenvalue weighted by Crippen LogP contribution is 2.28. The summed E-state index contributed by atoms with van der Waals surface area (Å²) >= 11 is 8.36. The van der Waals surface area contributed by atoms with Crippen LogP contribution in [0.4, 0.5) is 5.69 Å². The van der Waals surface area contributed by atoms with E-state index in [0.717, 1.165) is 35.8 Å². The van der Waals surface area contributed by atoms with Gasteiger partial charge in [0.15, 0.2) is 0 Å². The van der Waals surface area contributed by atoms with Gasteiger partial charge < -0.3 is 14.5 Å². The van der Waals surface area contributed by atoms with E-state index in [-0.39, 0.29) is 22.9 Å². The largest absolute Gasteiger partial charge is 0.492 e. The van der Waals surface area contributed by atoms with E-state index >= 15 is 0 Å². The Hall–Kier alpha value is -1.63. The maximum Gasteiger partial charge on any atom is 0.224 e. The van der Waals surface area contributed by atoms with E-state index < -0.39 is 0 Å². The summed E-state index contributed by atoms with van der Waals surface area (Å²) in [5, 5.41) is 2.71. The van der Waals surface area contributed by atoms with E-state index in [9.17, 15) is 4.79 Å². The maximum absolute atomic E-state index is 12.5. The molecule has 1 aliphatic heterocycles. The van der Waals surface area contributed by atoms with Gasteiger partial charge in [0.05, 0.1) is 24.1 Å². The smallest absolute Gasteiger partial charge is 0.224 e. The number of carbonyl (C=O) groups is 1. The molecule has 1 aliphatic rings. The molecule has 0 aliphatic carbocycles. The van der Waals surface area contributed by atoms with Crippen LogP contribution in [0.25, 0.3) is 0 Å². The number of nitrogens with zero attached hydrogens (tertiary/aromatic N) is 2. The van der Waals surface area contributed by atoms with Crippen molar-refractivity contribution < 1.29 is 9.53 Å². The molecule has 3 rings (SSSR count). The summed E-state index contributed by atoms with van der Waals surface area (Å²) in [6, 6.07) is 14.1. The Morgan fingerprint density at radius 1 is 0.925 bits per heavy atom. The fourth-order valence-corrected chi connectivity index (χ4v) is 5.89. The van der Waals surface area contributed by atoms with Gasteiger partial charge in [-0.25, -0.2) is 0 Å². The molecule has 4 nitrogen and oxygen atoms in total. The molecule has 40 heavy (non-hydrogen) atoms. The van der Waals surface area contributed by atoms with Crippen LogP contribution in [-0.2, 0) is 17.9 Å². The van der Waals surface area contributed by atoms with Gasteiger partial charge in [-0.05, 0) is 47.2 Å². The summed E-state index contributed by atoms with van der Waals surface area (Å²) in [6.45, 7) is 5.88. The highest BCUT2D eigenvalue weighted by atomic mass is 79.9. The summed E-state index contributed by atoms with van der Waals surface area (Å²) in [6.07, 6.45) is 18.1. The zero-order valence-corrected chi connectivity index (χ0v) is 27.7. The summed E-state index contributed by atoms with van der Waals surface area (Å²) in [4.78, 5) is 16.6. The molecule has 2 aromatic rings. The number of ether oxygens (including phenoxy) is 1. The van der Waals surface area contributed by atoms with E-state index in [1.807, 2.05) is 30.3 Å². The molecule has 0 aromatic heterocycles. The summed E-state index contributed by atoms with van der Waals surface area (Å²) in [7, 11) is 0. The lowest BCUT2D eigenvalue weighted by Crippen LogP contribution is -2.28. The van der Waals surface area contributed by atoms with E-state index in [0.29, 0.717) is 18.2 Å². The van der Waals surface area contributed by atoms with Gasteiger partial charge in [0.25, 0.3) is 0 Å². The summed E-state index contributed by atoms with van der Waals surface area (Å²) in [5.41, 5.74) is 3.07. The van der Waals surface area contributed by atoms with Crippen LogP contribution >= 0.6 is 40.3 Å². The van der Waals surface area contributed by atoms with Gasteiger partial charge in [0, 0.05) is 25.4 Å². The zero-order valence-electron chi connectivity index (χ0n) is 24.4. The molecule has 222 valence electrons. The van der Waals surface area contributed by atoms with Crippen LogP contribution < -0.4 is 9.64 Å². The monoisotopic (exact) mass is 650 g/mol. The molecule has 0 bridgehead atoms. The fraction of sp³-hybridized carbons (Fsp3) is 0.545. The maximum atomic E-state index is 12.5. The molecular formula is C33H48BrClN2O2S. The molecule has 1 heterocycles. The minimum Gasteiger partial charge on any atom is -0.492 e. The Labute approximate surface area is 262 Å². The van der Waals surface area contributed by atoms with Gasteiger partial charge in [0.1, 0.15) is 5.75 Å². The predicted molar refractivity (Wildman–Crippen MR) is 179 cm³/mol. The molecule has 0 radical (unpaired) electrons. The average molecular weight is 652 g/mol. The van der Waals surface area contributed by atoms with Gasteiger partial charge in [0.2, 0.25) is 5.91 Å². The van der Waals surface area contributed by atoms with Crippen molar-refractivity contribution in [1.82, 2.24) is 4.90 Å². The minimum atomic E-state index is 0. The Balaban J connectivity index is 0.00000560. The van der Waals surface area contributed by atoms with Crippen LogP contribution in [0, 0.1) is 0 Å². The lowest BCUT2D eigenvalue weighted by atomic mass is 10.1. The molecule has 0 N–H and O–H groups in total. The predicted octanol–water partition coefficient (Wildman–Crippen LogP) is 10.5. The second-order valence-corrected chi connectivity index (χ2v) is 11.9. The minimum absolute atomic E-state index is 0. The van der Waals surface area contributed by atoms with Crippen molar-refractivity contribution in [3.8, 4) is 5.75 Å². The van der Waals surface area contributed by atoms with Crippen molar-refractivity contribution in [3.05, 3.63) is 70.2 Å². The number of carbonyl (C=O) groups excluding carboxylic acids is 1. The third-order valence-electron chi connectivity index (χ3n) is 7.19. The first-order chi connectivity index (χ1) is 19.1. The Bertz CT molecular complexity index is 1040. The Kier molecular flexibility index (Phi) is 17.5. The molecular weight excluding hydrogens is 604 g/mol. The number of anilines is 1. The molecule has 2 aromatic carbocycles. The lowest BCUT2D eigenvalue weighted by molar-refractivity contribution is -0.116. The van der Waals surface area contributed by atoms with Crippen molar-refractivity contribution in [2.24, 2.45) is 0 Å². The van der Waals surface area contributed by atoms with Crippen LogP contribution in [0.5, 0.6) is 5.75 Å². The molecule has 0 fully saturated rings. The normalized spacial score (nSPS) is 12.4. The molecule has 0 saturated carbocycles. The fourth-order valence-electron chi connectivity index (χ4n) is 4.92. The molecule has 0 saturated heterocycles. The molecule has 0 atom stereocenters. The highest BCUT2D eigenvalue weighted by molar-refractivity contribution is 8.93. The average Bonchev–Trinajstić information content (AvgIpc) is 3.44. The van der Waals surface area contributed by atoms with E-state index in [4.69, 9.17) is 16.3 Å². The van der Waals surface area contributed by atoms with Gasteiger partial charge in [-0.3, -0.25) is 4.79 Å². The van der Waals surface area contributed by atoms with E-state index in [2.05, 4.69) is 35.6 Å². The molecule has 7 heteroatoms. The van der Waals surface area contributed by atoms with Crippen molar-refractivity contribution in [2.75, 3.05) is 17.4 Å². The number of unbranched alkanes of at least 4 members (excludes halogenated alkanes) is 11. The van der Waals surface area contributed by atoms with Crippen molar-refractivity contribution in [2.45, 2.75) is 104 Å². The summed E-state index contributed by atoms with van der Waals surface area (Å²) in [5.74, 6) is 1.69. The first-order valence-corrected chi connectivity index (χ1v) is 16.3. The third kappa shape index (κ3) is 12.9. The topological polar surface area (TPSA) is 32.8 Å². The number of amides is 1. The van der Waals surface area contributed by atoms with Crippen LogP contribution in [0.3, 0.4) is 0 Å². The van der Waals surface area contributed by atoms with Crippen LogP contribution in [0.15, 0.2) is 54.1 Å². The number of halogens is 2. The van der Waals surface area contributed by atoms with Gasteiger partial charge in [-0.1, -0.05) is 107 Å². The number of hydrogen-bond acceptors (Lipinski definition) is 4. The van der Waals surface area contributed by atoms with Gasteiger partial charge in [-0.15, -0.1) is 28.7 Å². The van der Waals surface area contributed by atoms with Gasteiger partial charge in [-0.2, -0.15) is 0 Å². The number of benzene rings is 2. The van der Waals surface area contributed by atoms with Crippen molar-refractivity contribution >= 4 is 51.9 Å². The van der Waals surface area contributed by atoms with Gasteiger partial charge >= 0.3 is 0 Å². The Morgan fingerprint density at radius 3 is 2.20 bits per heavy atom. The molecule has 0 unspecified atom stereocenters. The van der Waals surface area contributed by atoms with Crippen molar-refractivity contribution in [3.63, 3.8) is 0 Å². The molecule has 1 amide bonds. The highest BCUT2D eigenvalue weighted by Gasteiger charge is 2.15. The number of hydrogen-bond donors (Lipinski definition) is 0. The quantitative estimate of drug-likeness (QED) is 0.142. The van der Waals surface area contributed by atoms with Crippen LogP contribution in [0.2, 0.25) is 5.02 Å². The second kappa shape index (κ2) is 20.3. The standard InChI is InChI=1S/C33H47ClN2O2S.BrH/c1-3-4-5-6-7-8-9-10-11-12-13-14-21-38-33-19-18-30(24-32(33)34)26-36(28(2)37)31-17-15-16-29(23-31)25-35-20-22-39-27-35;/h15-20,22-24H,3-14,21,25-27H2,1-2H3;1H. The third-order valence-corrected chi connectivity index (χ3v) is 8.28. The van der Waals surface area contributed by atoms with Crippen LogP contribution in [-0.4, -0.2) is 23.3 Å². The summed E-state index contributed by atoms with van der Waals surface area (Å²) < 4.78 is 5.98. The number of rotatable bonds is 19. The lowest BCUT2D eigenvalue weighted by Gasteiger charge is -2.23. The zero-order chi connectivity index (χ0) is 27.7. The second-order valence-electron chi connectivity index (χ2n) is 10.6. The SMILES string of the molecule is Br.CCCCCCCCCCCCCCOc1ccc(CN(C(C)=O)c2cccc(CN3C=CSC3)c2)cc1Cl. The number of thioether (sulfide) groups is 1. The van der Waals surface area contributed by atoms with E-state index in [1.165, 1.54) is 76.2 Å². The van der Waals surface area contributed by atoms with E-state index in [1.54, 1.807) is 23.6 Å². The molecule has 0 spiro atoms. The van der Waals surface area contributed by atoms with Crippen molar-refractivity contribution in [1.29, 1.82) is 0 Å². The Morgan fingerprint density at radius 2 is 1.60 bits per heavy atom. The first-order valence-electron chi connectivity index (χ1n) is 14.9.